The van der Waals surface area contributed by atoms with Crippen molar-refractivity contribution in [1.82, 2.24) is 9.97 Å². The van der Waals surface area contributed by atoms with E-state index in [9.17, 15) is 4.79 Å². The Morgan fingerprint density at radius 2 is 2.07 bits per heavy atom. The molecule has 2 atom stereocenters. The Hall–Kier alpha value is -1.29. The van der Waals surface area contributed by atoms with E-state index in [4.69, 9.17) is 5.73 Å². The smallest absolute Gasteiger partial charge is 0.170 e. The first kappa shape index (κ1) is 9.27. The largest absolute Gasteiger partial charge is 0.327 e. The van der Waals surface area contributed by atoms with E-state index >= 15 is 0 Å². The van der Waals surface area contributed by atoms with Gasteiger partial charge in [-0.25, -0.2) is 9.97 Å². The Morgan fingerprint density at radius 3 is 2.64 bits per heavy atom. The van der Waals surface area contributed by atoms with Crippen LogP contribution < -0.4 is 5.73 Å². The van der Waals surface area contributed by atoms with Crippen LogP contribution in [-0.4, -0.2) is 21.8 Å². The minimum absolute atomic E-state index is 0.0164. The van der Waals surface area contributed by atoms with Gasteiger partial charge in [-0.2, -0.15) is 0 Å². The fourth-order valence-corrected chi connectivity index (χ4v) is 1.95. The molecule has 0 aliphatic heterocycles. The molecule has 1 aliphatic carbocycles. The molecule has 74 valence electrons. The van der Waals surface area contributed by atoms with Gasteiger partial charge in [0.1, 0.15) is 6.33 Å². The molecule has 0 aromatic carbocycles. The van der Waals surface area contributed by atoms with Gasteiger partial charge >= 0.3 is 0 Å². The zero-order chi connectivity index (χ0) is 9.97. The maximum Gasteiger partial charge on any atom is 0.170 e. The summed E-state index contributed by atoms with van der Waals surface area (Å²) in [7, 11) is 0. The fourth-order valence-electron chi connectivity index (χ4n) is 1.95. The summed E-state index contributed by atoms with van der Waals surface area (Å²) in [5, 5.41) is 0. The summed E-state index contributed by atoms with van der Waals surface area (Å²) >= 11 is 0. The van der Waals surface area contributed by atoms with Gasteiger partial charge < -0.3 is 5.73 Å². The molecule has 0 amide bonds. The second-order valence-corrected chi connectivity index (χ2v) is 3.69. The van der Waals surface area contributed by atoms with E-state index < -0.39 is 0 Å². The molecule has 4 nitrogen and oxygen atoms in total. The van der Waals surface area contributed by atoms with Crippen molar-refractivity contribution >= 4 is 5.78 Å². The van der Waals surface area contributed by atoms with Crippen LogP contribution in [-0.2, 0) is 0 Å². The number of aromatic nitrogens is 2. The Balaban J connectivity index is 2.16. The second kappa shape index (κ2) is 3.84. The van der Waals surface area contributed by atoms with Crippen LogP contribution >= 0.6 is 0 Å². The number of hydrogen-bond acceptors (Lipinski definition) is 4. The molecule has 14 heavy (non-hydrogen) atoms. The highest BCUT2D eigenvalue weighted by Crippen LogP contribution is 2.26. The number of nitrogens with zero attached hydrogens (tertiary/aromatic N) is 2. The number of carbonyl (C=O) groups is 1. The molecule has 1 aromatic heterocycles. The summed E-state index contributed by atoms with van der Waals surface area (Å²) in [4.78, 5) is 19.6. The molecular formula is C10H13N3O. The summed E-state index contributed by atoms with van der Waals surface area (Å²) in [5.74, 6) is 0.0663. The van der Waals surface area contributed by atoms with E-state index in [2.05, 4.69) is 9.97 Å². The van der Waals surface area contributed by atoms with Gasteiger partial charge in [-0.15, -0.1) is 0 Å². The van der Waals surface area contributed by atoms with Crippen molar-refractivity contribution in [2.45, 2.75) is 25.3 Å². The predicted molar refractivity (Wildman–Crippen MR) is 51.7 cm³/mol. The minimum Gasteiger partial charge on any atom is -0.327 e. The number of nitrogens with two attached hydrogens (primary N) is 1. The van der Waals surface area contributed by atoms with Gasteiger partial charge in [0.25, 0.3) is 0 Å². The maximum atomic E-state index is 11.9. The highest BCUT2D eigenvalue weighted by atomic mass is 16.1. The van der Waals surface area contributed by atoms with Crippen LogP contribution in [0.4, 0.5) is 0 Å². The van der Waals surface area contributed by atoms with Crippen molar-refractivity contribution in [3.05, 3.63) is 24.3 Å². The van der Waals surface area contributed by atoms with Gasteiger partial charge in [0, 0.05) is 24.4 Å². The fraction of sp³-hybridized carbons (Fsp3) is 0.500. The molecule has 1 aliphatic rings. The van der Waals surface area contributed by atoms with Crippen molar-refractivity contribution in [3.8, 4) is 0 Å². The monoisotopic (exact) mass is 191 g/mol. The van der Waals surface area contributed by atoms with Crippen LogP contribution in [0.15, 0.2) is 18.7 Å². The third-order valence-electron chi connectivity index (χ3n) is 2.75. The summed E-state index contributed by atoms with van der Waals surface area (Å²) in [6, 6.07) is 0.0164. The lowest BCUT2D eigenvalue weighted by atomic mass is 9.95. The number of Topliss-reactive ketones (excluding diaryl/α,β-unsaturated/α-hetero) is 1. The SMILES string of the molecule is NC1CCCC1C(=O)c1cncnc1. The third-order valence-corrected chi connectivity index (χ3v) is 2.75. The first-order chi connectivity index (χ1) is 6.79. The summed E-state index contributed by atoms with van der Waals surface area (Å²) in [6.45, 7) is 0. The molecule has 1 fully saturated rings. The van der Waals surface area contributed by atoms with Gasteiger partial charge in [0.15, 0.2) is 5.78 Å². The molecule has 1 saturated carbocycles. The number of carbonyl (C=O) groups excluding carboxylic acids is 1. The average Bonchev–Trinajstić information content (AvgIpc) is 2.65. The Bertz CT molecular complexity index is 325. The molecule has 2 unspecified atom stereocenters. The van der Waals surface area contributed by atoms with Crippen LogP contribution in [0.2, 0.25) is 0 Å². The highest BCUT2D eigenvalue weighted by molar-refractivity contribution is 5.97. The molecule has 1 heterocycles. The number of rotatable bonds is 2. The van der Waals surface area contributed by atoms with Gasteiger partial charge in [-0.05, 0) is 12.8 Å². The molecule has 0 radical (unpaired) electrons. The van der Waals surface area contributed by atoms with Crippen molar-refractivity contribution in [2.75, 3.05) is 0 Å². The van der Waals surface area contributed by atoms with Crippen LogP contribution in [0, 0.1) is 5.92 Å². The first-order valence-electron chi connectivity index (χ1n) is 4.84. The van der Waals surface area contributed by atoms with E-state index in [1.54, 1.807) is 12.4 Å². The topological polar surface area (TPSA) is 68.9 Å². The normalized spacial score (nSPS) is 26.4. The minimum atomic E-state index is -0.0269. The summed E-state index contributed by atoms with van der Waals surface area (Å²) < 4.78 is 0. The second-order valence-electron chi connectivity index (χ2n) is 3.69. The molecule has 1 aromatic rings. The summed E-state index contributed by atoms with van der Waals surface area (Å²) in [6.07, 6.45) is 7.43. The molecule has 4 heteroatoms. The molecule has 2 rings (SSSR count). The van der Waals surface area contributed by atoms with Gasteiger partial charge in [-0.1, -0.05) is 6.42 Å². The van der Waals surface area contributed by atoms with Crippen molar-refractivity contribution in [3.63, 3.8) is 0 Å². The standard InChI is InChI=1S/C10H13N3O/c11-9-3-1-2-8(9)10(14)7-4-12-6-13-5-7/h4-6,8-9H,1-3,11H2. The zero-order valence-electron chi connectivity index (χ0n) is 7.89. The number of ketones is 1. The first-order valence-corrected chi connectivity index (χ1v) is 4.84. The van der Waals surface area contributed by atoms with Crippen LogP contribution in [0.3, 0.4) is 0 Å². The Kier molecular flexibility index (Phi) is 2.54. The molecule has 2 N–H and O–H groups in total. The molecule has 0 saturated heterocycles. The van der Waals surface area contributed by atoms with Gasteiger partial charge in [0.2, 0.25) is 0 Å². The molecular weight excluding hydrogens is 178 g/mol. The average molecular weight is 191 g/mol. The Labute approximate surface area is 82.6 Å². The lowest BCUT2D eigenvalue weighted by Gasteiger charge is -2.12. The third kappa shape index (κ3) is 1.65. The van der Waals surface area contributed by atoms with Gasteiger partial charge in [-0.3, -0.25) is 4.79 Å². The highest BCUT2D eigenvalue weighted by Gasteiger charge is 2.30. The predicted octanol–water partition coefficient (Wildman–Crippen LogP) is 0.787. The zero-order valence-corrected chi connectivity index (χ0v) is 7.89. The van der Waals surface area contributed by atoms with E-state index in [1.165, 1.54) is 6.33 Å². The van der Waals surface area contributed by atoms with E-state index in [1.807, 2.05) is 0 Å². The lowest BCUT2D eigenvalue weighted by Crippen LogP contribution is -2.30. The van der Waals surface area contributed by atoms with Crippen LogP contribution in [0.1, 0.15) is 29.6 Å². The number of hydrogen-bond donors (Lipinski definition) is 1. The molecule has 0 spiro atoms. The van der Waals surface area contributed by atoms with Gasteiger partial charge in [0.05, 0.1) is 5.56 Å². The quantitative estimate of drug-likeness (QED) is 0.701. The molecule has 0 bridgehead atoms. The Morgan fingerprint density at radius 1 is 1.36 bits per heavy atom. The van der Waals surface area contributed by atoms with E-state index in [-0.39, 0.29) is 17.7 Å². The van der Waals surface area contributed by atoms with Crippen LogP contribution in [0.5, 0.6) is 0 Å². The van der Waals surface area contributed by atoms with E-state index in [0.29, 0.717) is 5.56 Å². The maximum absolute atomic E-state index is 11.9. The van der Waals surface area contributed by atoms with Crippen molar-refractivity contribution < 1.29 is 4.79 Å². The van der Waals surface area contributed by atoms with E-state index in [0.717, 1.165) is 19.3 Å². The van der Waals surface area contributed by atoms with Crippen molar-refractivity contribution in [1.29, 1.82) is 0 Å². The van der Waals surface area contributed by atoms with Crippen molar-refractivity contribution in [2.24, 2.45) is 11.7 Å². The lowest BCUT2D eigenvalue weighted by molar-refractivity contribution is 0.0912. The summed E-state index contributed by atoms with van der Waals surface area (Å²) in [5.41, 5.74) is 6.43. The van der Waals surface area contributed by atoms with Crippen LogP contribution in [0.25, 0.3) is 0 Å².